The number of nitrogens with two attached hydrogens (primary N) is 1. The van der Waals surface area contributed by atoms with Gasteiger partial charge in [0.05, 0.1) is 6.21 Å². The lowest BCUT2D eigenvalue weighted by Gasteiger charge is -2.04. The highest BCUT2D eigenvalue weighted by atomic mass is 16.2. The fourth-order valence-electron chi connectivity index (χ4n) is 0.749. The smallest absolute Gasteiger partial charge is 0.334 e. The van der Waals surface area contributed by atoms with Crippen LogP contribution in [0.25, 0.3) is 0 Å². The van der Waals surface area contributed by atoms with E-state index in [0.717, 1.165) is 10.6 Å². The molecule has 4 nitrogen and oxygen atoms in total. The van der Waals surface area contributed by atoms with E-state index in [4.69, 9.17) is 5.73 Å². The number of benzene rings is 1. The number of carbonyl (C=O) groups excluding carboxylic acids is 1. The standard InChI is InChI=1S/C9H11N3O/c1-12(9(10)13)11-7-8-5-3-2-4-6-8/h2-7H,1H3,(H2,10,13). The van der Waals surface area contributed by atoms with Crippen LogP contribution in [0.15, 0.2) is 35.4 Å². The SMILES string of the molecule is CN(N=Cc1ccccc1)C(N)=O. The molecule has 0 fully saturated rings. The summed E-state index contributed by atoms with van der Waals surface area (Å²) >= 11 is 0. The molecular formula is C9H11N3O. The van der Waals surface area contributed by atoms with Crippen LogP contribution < -0.4 is 5.73 Å². The van der Waals surface area contributed by atoms with Crippen molar-refractivity contribution in [2.24, 2.45) is 10.8 Å². The Labute approximate surface area is 76.7 Å². The van der Waals surface area contributed by atoms with Gasteiger partial charge in [-0.25, -0.2) is 9.80 Å². The van der Waals surface area contributed by atoms with Crippen LogP contribution in [0.1, 0.15) is 5.56 Å². The summed E-state index contributed by atoms with van der Waals surface area (Å²) in [7, 11) is 1.50. The van der Waals surface area contributed by atoms with Crippen molar-refractivity contribution in [2.45, 2.75) is 0 Å². The van der Waals surface area contributed by atoms with E-state index in [1.807, 2.05) is 30.3 Å². The summed E-state index contributed by atoms with van der Waals surface area (Å²) in [6, 6.07) is 8.90. The summed E-state index contributed by atoms with van der Waals surface area (Å²) in [6.07, 6.45) is 1.57. The Balaban J connectivity index is 2.64. The molecule has 2 N–H and O–H groups in total. The third-order valence-corrected chi connectivity index (χ3v) is 1.50. The van der Waals surface area contributed by atoms with E-state index >= 15 is 0 Å². The molecule has 1 aromatic carbocycles. The van der Waals surface area contributed by atoms with Crippen LogP contribution in [0.4, 0.5) is 4.79 Å². The zero-order valence-electron chi connectivity index (χ0n) is 7.34. The molecule has 0 bridgehead atoms. The van der Waals surface area contributed by atoms with Crippen LogP contribution in [0.5, 0.6) is 0 Å². The number of carbonyl (C=O) groups is 1. The predicted octanol–water partition coefficient (Wildman–Crippen LogP) is 1.03. The zero-order chi connectivity index (χ0) is 9.68. The van der Waals surface area contributed by atoms with Gasteiger partial charge in [-0.1, -0.05) is 30.3 Å². The van der Waals surface area contributed by atoms with Gasteiger partial charge in [0.25, 0.3) is 0 Å². The second kappa shape index (κ2) is 4.25. The van der Waals surface area contributed by atoms with Crippen LogP contribution in [0, 0.1) is 0 Å². The lowest BCUT2D eigenvalue weighted by atomic mass is 10.2. The molecule has 0 heterocycles. The lowest BCUT2D eigenvalue weighted by Crippen LogP contribution is -2.27. The number of hydrogen-bond donors (Lipinski definition) is 1. The number of hydrogen-bond acceptors (Lipinski definition) is 2. The van der Waals surface area contributed by atoms with E-state index in [-0.39, 0.29) is 0 Å². The van der Waals surface area contributed by atoms with Crippen molar-refractivity contribution in [3.63, 3.8) is 0 Å². The van der Waals surface area contributed by atoms with Crippen molar-refractivity contribution in [3.05, 3.63) is 35.9 Å². The minimum absolute atomic E-state index is 0.577. The molecule has 0 aliphatic carbocycles. The topological polar surface area (TPSA) is 58.7 Å². The molecule has 0 saturated heterocycles. The first-order valence-electron chi connectivity index (χ1n) is 3.82. The number of amides is 2. The molecule has 0 saturated carbocycles. The highest BCUT2D eigenvalue weighted by Crippen LogP contribution is 1.94. The molecule has 13 heavy (non-hydrogen) atoms. The molecule has 0 aliphatic heterocycles. The van der Waals surface area contributed by atoms with Gasteiger partial charge in [-0.15, -0.1) is 0 Å². The molecule has 2 amide bonds. The molecule has 0 atom stereocenters. The second-order valence-electron chi connectivity index (χ2n) is 2.52. The van der Waals surface area contributed by atoms with Gasteiger partial charge in [0.1, 0.15) is 0 Å². The highest BCUT2D eigenvalue weighted by Gasteiger charge is 1.96. The van der Waals surface area contributed by atoms with E-state index in [1.54, 1.807) is 6.21 Å². The van der Waals surface area contributed by atoms with E-state index < -0.39 is 6.03 Å². The Bertz CT molecular complexity index is 308. The molecule has 4 heteroatoms. The van der Waals surface area contributed by atoms with Crippen LogP contribution in [-0.4, -0.2) is 24.3 Å². The summed E-state index contributed by atoms with van der Waals surface area (Å²) < 4.78 is 0. The van der Waals surface area contributed by atoms with Crippen molar-refractivity contribution < 1.29 is 4.79 Å². The number of primary amides is 1. The number of rotatable bonds is 2. The van der Waals surface area contributed by atoms with Gasteiger partial charge in [0.2, 0.25) is 0 Å². The molecule has 0 aromatic heterocycles. The van der Waals surface area contributed by atoms with Crippen molar-refractivity contribution in [1.82, 2.24) is 5.01 Å². The lowest BCUT2D eigenvalue weighted by molar-refractivity contribution is 0.220. The quantitative estimate of drug-likeness (QED) is 0.532. The van der Waals surface area contributed by atoms with E-state index in [9.17, 15) is 4.79 Å². The number of urea groups is 1. The molecule has 1 aromatic rings. The minimum Gasteiger partial charge on any atom is -0.350 e. The van der Waals surface area contributed by atoms with Gasteiger partial charge in [0.15, 0.2) is 0 Å². The molecule has 0 radical (unpaired) electrons. The number of hydrazone groups is 1. The van der Waals surface area contributed by atoms with Gasteiger partial charge >= 0.3 is 6.03 Å². The summed E-state index contributed by atoms with van der Waals surface area (Å²) in [5.41, 5.74) is 5.90. The summed E-state index contributed by atoms with van der Waals surface area (Å²) in [5.74, 6) is 0. The zero-order valence-corrected chi connectivity index (χ0v) is 7.34. The van der Waals surface area contributed by atoms with E-state index in [0.29, 0.717) is 0 Å². The van der Waals surface area contributed by atoms with Crippen molar-refractivity contribution in [1.29, 1.82) is 0 Å². The third kappa shape index (κ3) is 2.94. The van der Waals surface area contributed by atoms with Crippen molar-refractivity contribution in [3.8, 4) is 0 Å². The van der Waals surface area contributed by atoms with Crippen LogP contribution in [-0.2, 0) is 0 Å². The Kier molecular flexibility index (Phi) is 3.03. The first-order valence-corrected chi connectivity index (χ1v) is 3.82. The molecule has 0 spiro atoms. The van der Waals surface area contributed by atoms with E-state index in [2.05, 4.69) is 5.10 Å². The summed E-state index contributed by atoms with van der Waals surface area (Å²) in [6.45, 7) is 0. The first kappa shape index (κ1) is 9.25. The maximum atomic E-state index is 10.6. The van der Waals surface area contributed by atoms with Gasteiger partial charge in [-0.2, -0.15) is 5.10 Å². The fraction of sp³-hybridized carbons (Fsp3) is 0.111. The Morgan fingerprint density at radius 1 is 1.46 bits per heavy atom. The maximum Gasteiger partial charge on any atom is 0.334 e. The predicted molar refractivity (Wildman–Crippen MR) is 51.4 cm³/mol. The normalized spacial score (nSPS) is 10.2. The summed E-state index contributed by atoms with van der Waals surface area (Å²) in [5, 5.41) is 4.90. The molecular weight excluding hydrogens is 166 g/mol. The van der Waals surface area contributed by atoms with Crippen molar-refractivity contribution >= 4 is 12.2 Å². The van der Waals surface area contributed by atoms with Crippen LogP contribution >= 0.6 is 0 Å². The molecule has 1 rings (SSSR count). The first-order chi connectivity index (χ1) is 6.20. The second-order valence-corrected chi connectivity index (χ2v) is 2.52. The van der Waals surface area contributed by atoms with Gasteiger partial charge in [0, 0.05) is 7.05 Å². The average molecular weight is 177 g/mol. The maximum absolute atomic E-state index is 10.6. The van der Waals surface area contributed by atoms with Gasteiger partial charge < -0.3 is 5.73 Å². The minimum atomic E-state index is -0.577. The average Bonchev–Trinajstić information content (AvgIpc) is 2.15. The fourth-order valence-corrected chi connectivity index (χ4v) is 0.749. The Morgan fingerprint density at radius 2 is 2.08 bits per heavy atom. The largest absolute Gasteiger partial charge is 0.350 e. The monoisotopic (exact) mass is 177 g/mol. The van der Waals surface area contributed by atoms with Gasteiger partial charge in [-0.05, 0) is 5.56 Å². The van der Waals surface area contributed by atoms with Crippen LogP contribution in [0.3, 0.4) is 0 Å². The summed E-state index contributed by atoms with van der Waals surface area (Å²) in [4.78, 5) is 10.6. The van der Waals surface area contributed by atoms with Gasteiger partial charge in [-0.3, -0.25) is 0 Å². The Morgan fingerprint density at radius 3 is 2.62 bits per heavy atom. The van der Waals surface area contributed by atoms with Crippen LogP contribution in [0.2, 0.25) is 0 Å². The molecule has 0 aliphatic rings. The highest BCUT2D eigenvalue weighted by molar-refractivity contribution is 5.81. The molecule has 0 unspecified atom stereocenters. The number of nitrogens with zero attached hydrogens (tertiary/aromatic N) is 2. The third-order valence-electron chi connectivity index (χ3n) is 1.50. The van der Waals surface area contributed by atoms with Crippen molar-refractivity contribution in [2.75, 3.05) is 7.05 Å². The van der Waals surface area contributed by atoms with E-state index in [1.165, 1.54) is 7.05 Å². The molecule has 68 valence electrons. The Hall–Kier alpha value is -1.84.